The summed E-state index contributed by atoms with van der Waals surface area (Å²) in [6, 6.07) is 8.80. The lowest BCUT2D eigenvalue weighted by Gasteiger charge is -2.05. The molecular weight excluding hydrogens is 326 g/mol. The van der Waals surface area contributed by atoms with Crippen LogP contribution in [0, 0.1) is 0 Å². The summed E-state index contributed by atoms with van der Waals surface area (Å²) >= 11 is 1.46. The molecule has 2 heterocycles. The second-order valence-corrected chi connectivity index (χ2v) is 5.65. The molecule has 0 saturated heterocycles. The predicted molar refractivity (Wildman–Crippen MR) is 93.8 cm³/mol. The van der Waals surface area contributed by atoms with Crippen LogP contribution in [0.25, 0.3) is 11.5 Å². The number of aromatic nitrogens is 1. The third kappa shape index (κ3) is 3.26. The molecule has 0 spiro atoms. The van der Waals surface area contributed by atoms with Crippen molar-refractivity contribution in [1.29, 1.82) is 0 Å². The zero-order chi connectivity index (χ0) is 16.9. The molecule has 124 valence electrons. The van der Waals surface area contributed by atoms with Crippen molar-refractivity contribution in [3.8, 4) is 23.0 Å². The summed E-state index contributed by atoms with van der Waals surface area (Å²) in [6.07, 6.45) is 3.20. The Bertz CT molecular complexity index is 908. The fourth-order valence-corrected chi connectivity index (χ4v) is 2.95. The maximum Gasteiger partial charge on any atom is 0.206 e. The molecule has 0 atom stereocenters. The van der Waals surface area contributed by atoms with E-state index in [0.717, 1.165) is 10.5 Å². The number of hydrogen-bond acceptors (Lipinski definition) is 6. The van der Waals surface area contributed by atoms with E-state index in [1.54, 1.807) is 42.4 Å². The molecule has 0 unspecified atom stereocenters. The molecular formula is C17H17N3O3S. The van der Waals surface area contributed by atoms with Gasteiger partial charge in [0.15, 0.2) is 5.76 Å². The van der Waals surface area contributed by atoms with Crippen LogP contribution in [0.3, 0.4) is 0 Å². The lowest BCUT2D eigenvalue weighted by molar-refractivity contribution is 0.337. The topological polar surface area (TPSA) is 72.2 Å². The first-order valence-electron chi connectivity index (χ1n) is 7.40. The van der Waals surface area contributed by atoms with Crippen LogP contribution in [-0.2, 0) is 0 Å². The molecule has 1 aromatic carbocycles. The third-order valence-corrected chi connectivity index (χ3v) is 4.18. The second kappa shape index (κ2) is 7.18. The quantitative estimate of drug-likeness (QED) is 0.722. The molecule has 6 nitrogen and oxygen atoms in total. The number of nitrogens with zero attached hydrogens (tertiary/aromatic N) is 3. The van der Waals surface area contributed by atoms with E-state index in [0.29, 0.717) is 23.7 Å². The average Bonchev–Trinajstić information content (AvgIpc) is 3.23. The number of benzene rings is 1. The Hall–Kier alpha value is -2.80. The lowest BCUT2D eigenvalue weighted by atomic mass is 10.2. The van der Waals surface area contributed by atoms with Gasteiger partial charge in [0.05, 0.1) is 19.1 Å². The zero-order valence-electron chi connectivity index (χ0n) is 13.3. The van der Waals surface area contributed by atoms with Crippen molar-refractivity contribution < 1.29 is 14.3 Å². The van der Waals surface area contributed by atoms with E-state index in [2.05, 4.69) is 10.1 Å². The molecule has 0 fully saturated rings. The van der Waals surface area contributed by atoms with Crippen molar-refractivity contribution in [2.45, 2.75) is 6.92 Å². The summed E-state index contributed by atoms with van der Waals surface area (Å²) in [5.41, 5.74) is 1.39. The predicted octanol–water partition coefficient (Wildman–Crippen LogP) is 3.33. The molecule has 1 N–H and O–H groups in total. The number of hydrogen-bond donors (Lipinski definition) is 1. The first-order valence-corrected chi connectivity index (χ1v) is 8.28. The number of aromatic hydroxyl groups is 1. The van der Waals surface area contributed by atoms with Gasteiger partial charge in [0.1, 0.15) is 17.2 Å². The van der Waals surface area contributed by atoms with Gasteiger partial charge in [-0.3, -0.25) is 4.99 Å². The molecule has 2 aromatic heterocycles. The Kier molecular flexibility index (Phi) is 4.81. The summed E-state index contributed by atoms with van der Waals surface area (Å²) in [6.45, 7) is 2.44. The van der Waals surface area contributed by atoms with E-state index < -0.39 is 0 Å². The van der Waals surface area contributed by atoms with Gasteiger partial charge in [-0.1, -0.05) is 0 Å². The number of furan rings is 1. The van der Waals surface area contributed by atoms with Crippen molar-refractivity contribution >= 4 is 17.6 Å². The Morgan fingerprint density at radius 2 is 2.25 bits per heavy atom. The van der Waals surface area contributed by atoms with E-state index in [4.69, 9.17) is 9.15 Å². The first-order chi connectivity index (χ1) is 11.7. The molecule has 0 amide bonds. The van der Waals surface area contributed by atoms with E-state index >= 15 is 0 Å². The minimum absolute atomic E-state index is 0.107. The maximum absolute atomic E-state index is 10.1. The summed E-state index contributed by atoms with van der Waals surface area (Å²) in [7, 11) is 1.71. The SMILES string of the molecule is CCOc1ccc(C=Nn2c(-c3ccco3)csc2=NC)c(O)c1. The van der Waals surface area contributed by atoms with E-state index in [1.165, 1.54) is 11.3 Å². The zero-order valence-corrected chi connectivity index (χ0v) is 14.2. The highest BCUT2D eigenvalue weighted by Gasteiger charge is 2.09. The molecule has 3 aromatic rings. The summed E-state index contributed by atoms with van der Waals surface area (Å²) in [5, 5.41) is 16.5. The largest absolute Gasteiger partial charge is 0.507 e. The van der Waals surface area contributed by atoms with Gasteiger partial charge in [-0.05, 0) is 31.2 Å². The number of thiazole rings is 1. The minimum atomic E-state index is 0.107. The molecule has 3 rings (SSSR count). The van der Waals surface area contributed by atoms with Gasteiger partial charge in [-0.2, -0.15) is 5.10 Å². The molecule has 0 aliphatic rings. The van der Waals surface area contributed by atoms with E-state index in [1.807, 2.05) is 24.4 Å². The van der Waals surface area contributed by atoms with Crippen molar-refractivity contribution in [2.24, 2.45) is 10.1 Å². The van der Waals surface area contributed by atoms with Crippen LogP contribution in [0.4, 0.5) is 0 Å². The van der Waals surface area contributed by atoms with Crippen LogP contribution >= 0.6 is 11.3 Å². The molecule has 0 bridgehead atoms. The Morgan fingerprint density at radius 3 is 2.92 bits per heavy atom. The fourth-order valence-electron chi connectivity index (χ4n) is 2.17. The lowest BCUT2D eigenvalue weighted by Crippen LogP contribution is -2.11. The van der Waals surface area contributed by atoms with Gasteiger partial charge in [0.2, 0.25) is 4.80 Å². The number of rotatable bonds is 5. The van der Waals surface area contributed by atoms with Crippen LogP contribution in [0.1, 0.15) is 12.5 Å². The van der Waals surface area contributed by atoms with Gasteiger partial charge in [-0.25, -0.2) is 4.68 Å². The van der Waals surface area contributed by atoms with Crippen molar-refractivity contribution in [3.63, 3.8) is 0 Å². The third-order valence-electron chi connectivity index (χ3n) is 3.28. The smallest absolute Gasteiger partial charge is 0.206 e. The molecule has 7 heteroatoms. The average molecular weight is 343 g/mol. The summed E-state index contributed by atoms with van der Waals surface area (Å²) < 4.78 is 12.5. The molecule has 0 saturated carbocycles. The summed E-state index contributed by atoms with van der Waals surface area (Å²) in [5.74, 6) is 1.43. The number of phenolic OH excluding ortho intramolecular Hbond substituents is 1. The van der Waals surface area contributed by atoms with Gasteiger partial charge in [-0.15, -0.1) is 11.3 Å². The van der Waals surface area contributed by atoms with Crippen LogP contribution in [0.15, 0.2) is 56.5 Å². The Balaban J connectivity index is 1.97. The van der Waals surface area contributed by atoms with Crippen molar-refractivity contribution in [3.05, 3.63) is 52.3 Å². The van der Waals surface area contributed by atoms with Crippen LogP contribution in [-0.4, -0.2) is 29.7 Å². The van der Waals surface area contributed by atoms with Crippen LogP contribution < -0.4 is 9.54 Å². The fraction of sp³-hybridized carbons (Fsp3) is 0.176. The minimum Gasteiger partial charge on any atom is -0.507 e. The van der Waals surface area contributed by atoms with E-state index in [9.17, 15) is 5.11 Å². The van der Waals surface area contributed by atoms with Gasteiger partial charge in [0, 0.05) is 24.1 Å². The molecule has 24 heavy (non-hydrogen) atoms. The highest BCUT2D eigenvalue weighted by molar-refractivity contribution is 7.07. The normalized spacial score (nSPS) is 12.2. The Labute approximate surface area is 143 Å². The van der Waals surface area contributed by atoms with Crippen LogP contribution in [0.5, 0.6) is 11.5 Å². The van der Waals surface area contributed by atoms with Gasteiger partial charge < -0.3 is 14.3 Å². The van der Waals surface area contributed by atoms with Crippen molar-refractivity contribution in [1.82, 2.24) is 4.68 Å². The summed E-state index contributed by atoms with van der Waals surface area (Å²) in [4.78, 5) is 4.94. The second-order valence-electron chi connectivity index (χ2n) is 4.81. The monoisotopic (exact) mass is 343 g/mol. The van der Waals surface area contributed by atoms with E-state index in [-0.39, 0.29) is 5.75 Å². The number of phenols is 1. The molecule has 0 aliphatic heterocycles. The van der Waals surface area contributed by atoms with Crippen LogP contribution in [0.2, 0.25) is 0 Å². The van der Waals surface area contributed by atoms with Crippen molar-refractivity contribution in [2.75, 3.05) is 13.7 Å². The highest BCUT2D eigenvalue weighted by atomic mass is 32.1. The Morgan fingerprint density at radius 1 is 1.38 bits per heavy atom. The maximum atomic E-state index is 10.1. The standard InChI is InChI=1S/C17H17N3O3S/c1-3-22-13-7-6-12(15(21)9-13)10-19-20-14(11-24-17(20)18-2)16-5-4-8-23-16/h4-11,21H,3H2,1-2H3. The first kappa shape index (κ1) is 16.1. The molecule has 0 aliphatic carbocycles. The number of ether oxygens (including phenoxy) is 1. The van der Waals surface area contributed by atoms with Gasteiger partial charge in [0.25, 0.3) is 0 Å². The molecule has 0 radical (unpaired) electrons. The highest BCUT2D eigenvalue weighted by Crippen LogP contribution is 2.23. The van der Waals surface area contributed by atoms with Gasteiger partial charge >= 0.3 is 0 Å².